The number of carbonyl (C=O) groups is 1. The van der Waals surface area contributed by atoms with E-state index in [0.29, 0.717) is 0 Å². The van der Waals surface area contributed by atoms with Crippen LogP contribution in [0.25, 0.3) is 0 Å². The SMILES string of the molecule is N.O=C(O)CO.[AlH3]. The van der Waals surface area contributed by atoms with Crippen molar-refractivity contribution in [3.8, 4) is 0 Å². The van der Waals surface area contributed by atoms with Crippen molar-refractivity contribution in [1.29, 1.82) is 0 Å². The van der Waals surface area contributed by atoms with Crippen molar-refractivity contribution in [3.05, 3.63) is 0 Å². The third-order valence-corrected chi connectivity index (χ3v) is 0.135. The van der Waals surface area contributed by atoms with Gasteiger partial charge in [0.05, 0.1) is 0 Å². The van der Waals surface area contributed by atoms with Gasteiger partial charge in [0.15, 0.2) is 17.4 Å². The average molecular weight is 123 g/mol. The minimum absolute atomic E-state index is 0. The zero-order chi connectivity index (χ0) is 4.28. The fraction of sp³-hybridized carbons (Fsp3) is 0.500. The first-order chi connectivity index (χ1) is 2.27. The molecule has 0 radical (unpaired) electrons. The summed E-state index contributed by atoms with van der Waals surface area (Å²) in [4.78, 5) is 9.12. The Bertz CT molecular complexity index is 48.2. The van der Waals surface area contributed by atoms with Crippen LogP contribution in [0, 0.1) is 0 Å². The zero-order valence-electron chi connectivity index (χ0n) is 3.22. The van der Waals surface area contributed by atoms with Crippen LogP contribution in [-0.2, 0) is 4.79 Å². The molecule has 0 aromatic carbocycles. The number of carboxylic acid groups (broad SMARTS) is 1. The van der Waals surface area contributed by atoms with Crippen LogP contribution in [-0.4, -0.2) is 40.2 Å². The van der Waals surface area contributed by atoms with Crippen molar-refractivity contribution in [2.75, 3.05) is 6.61 Å². The lowest BCUT2D eigenvalue weighted by molar-refractivity contribution is -0.140. The molecular formula is C2H10AlNO3. The Morgan fingerprint density at radius 2 is 1.71 bits per heavy atom. The number of aliphatic hydroxyl groups excluding tert-OH is 1. The maximum atomic E-state index is 9.12. The maximum absolute atomic E-state index is 9.12. The zero-order valence-corrected chi connectivity index (χ0v) is 3.22. The van der Waals surface area contributed by atoms with E-state index in [1.54, 1.807) is 0 Å². The van der Waals surface area contributed by atoms with E-state index in [1.807, 2.05) is 0 Å². The molecule has 0 heterocycles. The number of carboxylic acids is 1. The fourth-order valence-corrected chi connectivity index (χ4v) is 0. The molecule has 0 aliphatic carbocycles. The minimum atomic E-state index is -1.19. The number of aliphatic carboxylic acids is 1. The van der Waals surface area contributed by atoms with Crippen LogP contribution >= 0.6 is 0 Å². The summed E-state index contributed by atoms with van der Waals surface area (Å²) < 4.78 is 0. The smallest absolute Gasteiger partial charge is 0.329 e. The highest BCUT2D eigenvalue weighted by molar-refractivity contribution is 5.75. The summed E-state index contributed by atoms with van der Waals surface area (Å²) in [5, 5.41) is 15.0. The molecular weight excluding hydrogens is 113 g/mol. The first-order valence-electron chi connectivity index (χ1n) is 1.10. The Hall–Kier alpha value is -0.0775. The molecule has 0 fully saturated rings. The van der Waals surface area contributed by atoms with Crippen molar-refractivity contribution < 1.29 is 15.0 Å². The third kappa shape index (κ3) is 24.7. The van der Waals surface area contributed by atoms with Gasteiger partial charge in [-0.1, -0.05) is 0 Å². The number of hydrogen-bond donors (Lipinski definition) is 3. The molecule has 0 saturated heterocycles. The van der Waals surface area contributed by atoms with E-state index in [1.165, 1.54) is 0 Å². The molecule has 0 spiro atoms. The molecule has 0 saturated carbocycles. The summed E-state index contributed by atoms with van der Waals surface area (Å²) in [6, 6.07) is 0. The maximum Gasteiger partial charge on any atom is 0.329 e. The highest BCUT2D eigenvalue weighted by atomic mass is 27.0. The fourth-order valence-electron chi connectivity index (χ4n) is 0. The molecule has 0 bridgehead atoms. The van der Waals surface area contributed by atoms with Gasteiger partial charge < -0.3 is 16.4 Å². The second kappa shape index (κ2) is 9.33. The van der Waals surface area contributed by atoms with E-state index in [9.17, 15) is 0 Å². The number of rotatable bonds is 1. The Morgan fingerprint density at radius 1 is 1.57 bits per heavy atom. The van der Waals surface area contributed by atoms with Gasteiger partial charge in [0.1, 0.15) is 6.61 Å². The quantitative estimate of drug-likeness (QED) is 0.353. The summed E-state index contributed by atoms with van der Waals surface area (Å²) in [7, 11) is 0. The van der Waals surface area contributed by atoms with Crippen LogP contribution in [0.1, 0.15) is 0 Å². The Morgan fingerprint density at radius 3 is 1.71 bits per heavy atom. The predicted octanol–water partition coefficient (Wildman–Crippen LogP) is -1.96. The van der Waals surface area contributed by atoms with Crippen molar-refractivity contribution in [1.82, 2.24) is 6.15 Å². The number of hydrogen-bond acceptors (Lipinski definition) is 3. The van der Waals surface area contributed by atoms with Gasteiger partial charge in [0, 0.05) is 0 Å². The van der Waals surface area contributed by atoms with Gasteiger partial charge >= 0.3 is 5.97 Å². The van der Waals surface area contributed by atoms with E-state index in [4.69, 9.17) is 15.0 Å². The Labute approximate surface area is 51.9 Å². The molecule has 0 amide bonds. The van der Waals surface area contributed by atoms with E-state index in [0.717, 1.165) is 0 Å². The summed E-state index contributed by atoms with van der Waals surface area (Å²) in [5.41, 5.74) is 0. The third-order valence-electron chi connectivity index (χ3n) is 0.135. The van der Waals surface area contributed by atoms with E-state index < -0.39 is 12.6 Å². The molecule has 0 aromatic rings. The van der Waals surface area contributed by atoms with Crippen LogP contribution in [0.15, 0.2) is 0 Å². The van der Waals surface area contributed by atoms with Crippen LogP contribution in [0.5, 0.6) is 0 Å². The molecule has 0 aliphatic heterocycles. The van der Waals surface area contributed by atoms with Crippen molar-refractivity contribution in [2.24, 2.45) is 0 Å². The van der Waals surface area contributed by atoms with Gasteiger partial charge in [-0.25, -0.2) is 4.79 Å². The topological polar surface area (TPSA) is 92.5 Å². The summed E-state index contributed by atoms with van der Waals surface area (Å²) in [6.07, 6.45) is 0. The molecule has 5 N–H and O–H groups in total. The first-order valence-corrected chi connectivity index (χ1v) is 1.10. The molecule has 0 rings (SSSR count). The lowest BCUT2D eigenvalue weighted by Crippen LogP contribution is -1.98. The standard InChI is InChI=1S/C2H4O3.Al.H3N.3H/c3-1-2(4)5;;;;;/h3H,1H2,(H,4,5);;1H3;;;. The van der Waals surface area contributed by atoms with Gasteiger partial charge in [-0.3, -0.25) is 0 Å². The van der Waals surface area contributed by atoms with Gasteiger partial charge in [0.2, 0.25) is 0 Å². The molecule has 4 nitrogen and oxygen atoms in total. The van der Waals surface area contributed by atoms with Crippen molar-refractivity contribution in [3.63, 3.8) is 0 Å². The lowest BCUT2D eigenvalue weighted by Gasteiger charge is -1.72. The molecule has 0 aliphatic rings. The molecule has 44 valence electrons. The minimum Gasteiger partial charge on any atom is -0.480 e. The van der Waals surface area contributed by atoms with Gasteiger partial charge in [-0.2, -0.15) is 0 Å². The molecule has 7 heavy (non-hydrogen) atoms. The first kappa shape index (κ1) is 15.8. The van der Waals surface area contributed by atoms with E-state index in [-0.39, 0.29) is 23.5 Å². The second-order valence-corrected chi connectivity index (χ2v) is 0.552. The van der Waals surface area contributed by atoms with Crippen molar-refractivity contribution in [2.45, 2.75) is 0 Å². The van der Waals surface area contributed by atoms with Crippen LogP contribution in [0.2, 0.25) is 0 Å². The normalized spacial score (nSPS) is 5.29. The largest absolute Gasteiger partial charge is 0.480 e. The van der Waals surface area contributed by atoms with Crippen LogP contribution in [0.3, 0.4) is 0 Å². The van der Waals surface area contributed by atoms with Gasteiger partial charge in [0.25, 0.3) is 0 Å². The Kier molecular flexibility index (Phi) is 21.0. The van der Waals surface area contributed by atoms with Crippen LogP contribution < -0.4 is 6.15 Å². The van der Waals surface area contributed by atoms with E-state index in [2.05, 4.69) is 0 Å². The molecule has 5 heteroatoms. The van der Waals surface area contributed by atoms with E-state index >= 15 is 0 Å². The highest BCUT2D eigenvalue weighted by Crippen LogP contribution is 1.48. The summed E-state index contributed by atoms with van der Waals surface area (Å²) >= 11 is 0. The van der Waals surface area contributed by atoms with Crippen LogP contribution in [0.4, 0.5) is 0 Å². The summed E-state index contributed by atoms with van der Waals surface area (Å²) in [6.45, 7) is -0.778. The Balaban J connectivity index is -0.0000000800. The lowest BCUT2D eigenvalue weighted by atomic mass is 10.8. The molecule has 0 atom stereocenters. The van der Waals surface area contributed by atoms with Gasteiger partial charge in [-0.05, 0) is 0 Å². The highest BCUT2D eigenvalue weighted by Gasteiger charge is 1.82. The van der Waals surface area contributed by atoms with Gasteiger partial charge in [-0.15, -0.1) is 0 Å². The van der Waals surface area contributed by atoms with Crippen molar-refractivity contribution >= 4 is 23.3 Å². The predicted molar refractivity (Wildman–Crippen MR) is 29.7 cm³/mol. The summed E-state index contributed by atoms with van der Waals surface area (Å²) in [5.74, 6) is -1.19. The monoisotopic (exact) mass is 123 g/mol. The molecule has 0 unspecified atom stereocenters. The molecule has 0 aromatic heterocycles. The second-order valence-electron chi connectivity index (χ2n) is 0.552. The average Bonchev–Trinajstić information content (AvgIpc) is 1.38. The number of aliphatic hydroxyl groups is 1.